The molecule has 3 aromatic rings. The van der Waals surface area contributed by atoms with Crippen LogP contribution in [0.3, 0.4) is 0 Å². The summed E-state index contributed by atoms with van der Waals surface area (Å²) in [6.07, 6.45) is 0.253. The predicted molar refractivity (Wildman–Crippen MR) is 120 cm³/mol. The summed E-state index contributed by atoms with van der Waals surface area (Å²) in [5.74, 6) is -0.0733. The average Bonchev–Trinajstić information content (AvgIpc) is 3.14. The van der Waals surface area contributed by atoms with Gasteiger partial charge in [0.15, 0.2) is 5.69 Å². The zero-order chi connectivity index (χ0) is 22.5. The first-order valence-electron chi connectivity index (χ1n) is 10.6. The summed E-state index contributed by atoms with van der Waals surface area (Å²) in [4.78, 5) is 29.2. The van der Waals surface area contributed by atoms with E-state index in [0.717, 1.165) is 11.1 Å². The van der Waals surface area contributed by atoms with Crippen molar-refractivity contribution < 1.29 is 14.0 Å². The van der Waals surface area contributed by atoms with Crippen molar-refractivity contribution in [1.29, 1.82) is 0 Å². The largest absolute Gasteiger partial charge is 0.335 e. The van der Waals surface area contributed by atoms with Crippen LogP contribution in [0, 0.1) is 5.82 Å². The molecule has 166 valence electrons. The van der Waals surface area contributed by atoms with E-state index >= 15 is 0 Å². The Balaban J connectivity index is 1.31. The molecule has 1 aliphatic heterocycles. The monoisotopic (exact) mass is 435 g/mol. The van der Waals surface area contributed by atoms with Crippen LogP contribution in [-0.4, -0.2) is 57.6 Å². The van der Waals surface area contributed by atoms with Crippen molar-refractivity contribution in [2.24, 2.45) is 7.05 Å². The van der Waals surface area contributed by atoms with Gasteiger partial charge in [-0.3, -0.25) is 19.2 Å². The molecule has 2 heterocycles. The molecule has 0 atom stereocenters. The lowest BCUT2D eigenvalue weighted by molar-refractivity contribution is -0.115. The van der Waals surface area contributed by atoms with Gasteiger partial charge in [0.05, 0.1) is 6.42 Å². The molecule has 0 radical (unpaired) electrons. The van der Waals surface area contributed by atoms with Gasteiger partial charge in [-0.25, -0.2) is 4.39 Å². The number of nitrogens with one attached hydrogen (secondary N) is 1. The van der Waals surface area contributed by atoms with E-state index in [9.17, 15) is 14.0 Å². The number of aromatic nitrogens is 2. The lowest BCUT2D eigenvalue weighted by Gasteiger charge is -2.34. The van der Waals surface area contributed by atoms with Crippen molar-refractivity contribution in [2.75, 3.05) is 31.5 Å². The van der Waals surface area contributed by atoms with Crippen molar-refractivity contribution in [1.82, 2.24) is 19.6 Å². The first kappa shape index (κ1) is 21.7. The first-order chi connectivity index (χ1) is 15.5. The maximum Gasteiger partial charge on any atom is 0.274 e. The van der Waals surface area contributed by atoms with E-state index in [2.05, 4.69) is 15.3 Å². The van der Waals surface area contributed by atoms with E-state index in [1.54, 1.807) is 30.1 Å². The molecule has 0 unspecified atom stereocenters. The summed E-state index contributed by atoms with van der Waals surface area (Å²) in [6, 6.07) is 17.7. The zero-order valence-corrected chi connectivity index (χ0v) is 18.0. The third-order valence-corrected chi connectivity index (χ3v) is 5.53. The Morgan fingerprint density at radius 2 is 1.69 bits per heavy atom. The highest BCUT2D eigenvalue weighted by atomic mass is 19.1. The standard InChI is InChI=1S/C24H26FN5O2/c1-28-22(26-23(31)15-18-6-3-2-4-7-18)16-21(27-28)24(32)30-12-10-29(11-13-30)17-19-8-5-9-20(25)14-19/h2-9,14,16H,10-13,15,17H2,1H3,(H,26,31). The summed E-state index contributed by atoms with van der Waals surface area (Å²) >= 11 is 0. The maximum atomic E-state index is 13.4. The van der Waals surface area contributed by atoms with Gasteiger partial charge in [0, 0.05) is 45.8 Å². The number of rotatable bonds is 6. The summed E-state index contributed by atoms with van der Waals surface area (Å²) < 4.78 is 14.9. The van der Waals surface area contributed by atoms with E-state index in [0.29, 0.717) is 44.2 Å². The molecule has 0 aliphatic carbocycles. The van der Waals surface area contributed by atoms with Crippen LogP contribution in [0.1, 0.15) is 21.6 Å². The Morgan fingerprint density at radius 1 is 0.969 bits per heavy atom. The van der Waals surface area contributed by atoms with Crippen LogP contribution in [0.15, 0.2) is 60.7 Å². The predicted octanol–water partition coefficient (Wildman–Crippen LogP) is 2.70. The van der Waals surface area contributed by atoms with Crippen molar-refractivity contribution in [3.8, 4) is 0 Å². The van der Waals surface area contributed by atoms with Crippen molar-refractivity contribution in [3.05, 3.63) is 83.3 Å². The number of halogens is 1. The van der Waals surface area contributed by atoms with Gasteiger partial charge in [-0.2, -0.15) is 5.10 Å². The van der Waals surface area contributed by atoms with E-state index in [1.165, 1.54) is 10.7 Å². The van der Waals surface area contributed by atoms with Gasteiger partial charge in [-0.1, -0.05) is 42.5 Å². The van der Waals surface area contributed by atoms with Crippen LogP contribution in [0.25, 0.3) is 0 Å². The van der Waals surface area contributed by atoms with Crippen LogP contribution in [-0.2, 0) is 24.8 Å². The molecule has 0 spiro atoms. The molecule has 1 aromatic heterocycles. The minimum Gasteiger partial charge on any atom is -0.335 e. The lowest BCUT2D eigenvalue weighted by Crippen LogP contribution is -2.48. The van der Waals surface area contributed by atoms with Gasteiger partial charge < -0.3 is 10.2 Å². The minimum absolute atomic E-state index is 0.158. The SMILES string of the molecule is Cn1nc(C(=O)N2CCN(Cc3cccc(F)c3)CC2)cc1NC(=O)Cc1ccccc1. The smallest absolute Gasteiger partial charge is 0.274 e. The number of hydrogen-bond acceptors (Lipinski definition) is 4. The van der Waals surface area contributed by atoms with Crippen molar-refractivity contribution >= 4 is 17.6 Å². The van der Waals surface area contributed by atoms with Gasteiger partial charge >= 0.3 is 0 Å². The molecule has 8 heteroatoms. The third-order valence-electron chi connectivity index (χ3n) is 5.53. The number of benzene rings is 2. The second kappa shape index (κ2) is 9.74. The number of carbonyl (C=O) groups excluding carboxylic acids is 2. The van der Waals surface area contributed by atoms with Gasteiger partial charge in [0.1, 0.15) is 11.6 Å². The van der Waals surface area contributed by atoms with Gasteiger partial charge in [0.2, 0.25) is 5.91 Å². The van der Waals surface area contributed by atoms with E-state index in [1.807, 2.05) is 36.4 Å². The molecular weight excluding hydrogens is 409 g/mol. The van der Waals surface area contributed by atoms with Crippen molar-refractivity contribution in [3.63, 3.8) is 0 Å². The topological polar surface area (TPSA) is 70.5 Å². The van der Waals surface area contributed by atoms with E-state index in [4.69, 9.17) is 0 Å². The second-order valence-corrected chi connectivity index (χ2v) is 7.95. The number of carbonyl (C=O) groups is 2. The summed E-state index contributed by atoms with van der Waals surface area (Å²) in [5, 5.41) is 7.13. The molecule has 1 aliphatic rings. The molecule has 1 fully saturated rings. The Morgan fingerprint density at radius 3 is 2.41 bits per heavy atom. The molecule has 0 saturated carbocycles. The quantitative estimate of drug-likeness (QED) is 0.646. The Kier molecular flexibility index (Phi) is 6.61. The average molecular weight is 436 g/mol. The molecule has 0 bridgehead atoms. The van der Waals surface area contributed by atoms with Crippen LogP contribution < -0.4 is 5.32 Å². The fourth-order valence-electron chi connectivity index (χ4n) is 3.82. The van der Waals surface area contributed by atoms with Crippen LogP contribution in [0.5, 0.6) is 0 Å². The molecule has 4 rings (SSSR count). The molecule has 32 heavy (non-hydrogen) atoms. The second-order valence-electron chi connectivity index (χ2n) is 7.95. The first-order valence-corrected chi connectivity index (χ1v) is 10.6. The fourth-order valence-corrected chi connectivity index (χ4v) is 3.82. The van der Waals surface area contributed by atoms with Gasteiger partial charge in [-0.15, -0.1) is 0 Å². The highest BCUT2D eigenvalue weighted by Crippen LogP contribution is 2.15. The highest BCUT2D eigenvalue weighted by Gasteiger charge is 2.25. The summed E-state index contributed by atoms with van der Waals surface area (Å²) in [5.41, 5.74) is 2.14. The normalized spacial score (nSPS) is 14.4. The zero-order valence-electron chi connectivity index (χ0n) is 18.0. The van der Waals surface area contributed by atoms with Crippen LogP contribution >= 0.6 is 0 Å². The highest BCUT2D eigenvalue weighted by molar-refractivity contribution is 5.96. The van der Waals surface area contributed by atoms with Gasteiger partial charge in [-0.05, 0) is 23.3 Å². The molecular formula is C24H26FN5O2. The van der Waals surface area contributed by atoms with Crippen LogP contribution in [0.2, 0.25) is 0 Å². The number of amides is 2. The Labute approximate surface area is 186 Å². The van der Waals surface area contributed by atoms with E-state index in [-0.39, 0.29) is 24.1 Å². The molecule has 1 saturated heterocycles. The molecule has 1 N–H and O–H groups in total. The molecule has 7 nitrogen and oxygen atoms in total. The van der Waals surface area contributed by atoms with Gasteiger partial charge in [0.25, 0.3) is 5.91 Å². The van der Waals surface area contributed by atoms with Crippen molar-refractivity contribution in [2.45, 2.75) is 13.0 Å². The number of anilines is 1. The summed E-state index contributed by atoms with van der Waals surface area (Å²) in [6.45, 7) is 3.20. The number of piperazine rings is 1. The number of nitrogens with zero attached hydrogens (tertiary/aromatic N) is 4. The van der Waals surface area contributed by atoms with Crippen LogP contribution in [0.4, 0.5) is 10.2 Å². The van der Waals surface area contributed by atoms with E-state index < -0.39 is 0 Å². The Hall–Kier alpha value is -3.52. The minimum atomic E-state index is -0.238. The third kappa shape index (κ3) is 5.39. The molecule has 2 aromatic carbocycles. The lowest BCUT2D eigenvalue weighted by atomic mass is 10.1. The summed E-state index contributed by atoms with van der Waals surface area (Å²) in [7, 11) is 1.70. The maximum absolute atomic E-state index is 13.4. The molecule has 2 amide bonds. The number of aryl methyl sites for hydroxylation is 1. The Bertz CT molecular complexity index is 1090. The fraction of sp³-hybridized carbons (Fsp3) is 0.292. The number of hydrogen-bond donors (Lipinski definition) is 1.